The molecule has 0 bridgehead atoms. The SMILES string of the molecule is Cc1cc(Cl)ccc1-c1nc2c(c(NN)n1)CCCC2. The molecular formula is C15H17ClN4. The molecule has 4 nitrogen and oxygen atoms in total. The average molecular weight is 289 g/mol. The van der Waals surface area contributed by atoms with Crippen LogP contribution < -0.4 is 11.3 Å². The number of hydrazine groups is 1. The number of nitrogens with two attached hydrogens (primary N) is 1. The molecule has 0 radical (unpaired) electrons. The summed E-state index contributed by atoms with van der Waals surface area (Å²) < 4.78 is 0. The van der Waals surface area contributed by atoms with Crippen molar-refractivity contribution in [3.63, 3.8) is 0 Å². The van der Waals surface area contributed by atoms with Gasteiger partial charge in [-0.05, 0) is 56.4 Å². The van der Waals surface area contributed by atoms with Crippen molar-refractivity contribution in [2.75, 3.05) is 5.43 Å². The number of aryl methyl sites for hydroxylation is 2. The number of benzene rings is 1. The first kappa shape index (κ1) is 13.3. The molecule has 3 rings (SSSR count). The van der Waals surface area contributed by atoms with Gasteiger partial charge in [0, 0.05) is 21.8 Å². The number of nitrogen functional groups attached to an aromatic ring is 1. The zero-order valence-corrected chi connectivity index (χ0v) is 12.2. The van der Waals surface area contributed by atoms with Crippen LogP contribution in [0.4, 0.5) is 5.82 Å². The predicted octanol–water partition coefficient (Wildman–Crippen LogP) is 3.27. The third kappa shape index (κ3) is 2.37. The van der Waals surface area contributed by atoms with Crippen molar-refractivity contribution in [1.82, 2.24) is 9.97 Å². The van der Waals surface area contributed by atoms with Gasteiger partial charge in [-0.25, -0.2) is 15.8 Å². The van der Waals surface area contributed by atoms with Crippen LogP contribution in [0.3, 0.4) is 0 Å². The van der Waals surface area contributed by atoms with E-state index in [9.17, 15) is 0 Å². The normalized spacial score (nSPS) is 13.9. The van der Waals surface area contributed by atoms with E-state index in [0.29, 0.717) is 5.82 Å². The van der Waals surface area contributed by atoms with Gasteiger partial charge in [0.2, 0.25) is 0 Å². The molecule has 0 atom stereocenters. The molecule has 1 aromatic heterocycles. The fourth-order valence-electron chi connectivity index (χ4n) is 2.71. The Balaban J connectivity index is 2.14. The van der Waals surface area contributed by atoms with Gasteiger partial charge in [0.25, 0.3) is 0 Å². The number of hydrogen-bond donors (Lipinski definition) is 2. The first-order chi connectivity index (χ1) is 9.69. The number of aromatic nitrogens is 2. The minimum Gasteiger partial charge on any atom is -0.308 e. The van der Waals surface area contributed by atoms with Crippen LogP contribution in [0.15, 0.2) is 18.2 Å². The van der Waals surface area contributed by atoms with Crippen LogP contribution in [-0.2, 0) is 12.8 Å². The molecule has 2 aromatic rings. The largest absolute Gasteiger partial charge is 0.308 e. The lowest BCUT2D eigenvalue weighted by Gasteiger charge is -2.19. The molecule has 5 heteroatoms. The molecular weight excluding hydrogens is 272 g/mol. The number of hydrogen-bond acceptors (Lipinski definition) is 4. The number of nitrogens with one attached hydrogen (secondary N) is 1. The van der Waals surface area contributed by atoms with Crippen molar-refractivity contribution >= 4 is 17.4 Å². The van der Waals surface area contributed by atoms with Crippen LogP contribution >= 0.6 is 11.6 Å². The molecule has 0 saturated heterocycles. The smallest absolute Gasteiger partial charge is 0.162 e. The second kappa shape index (κ2) is 5.38. The summed E-state index contributed by atoms with van der Waals surface area (Å²) in [7, 11) is 0. The summed E-state index contributed by atoms with van der Waals surface area (Å²) in [5.74, 6) is 7.09. The van der Waals surface area contributed by atoms with Gasteiger partial charge in [0.15, 0.2) is 5.82 Å². The quantitative estimate of drug-likeness (QED) is 0.657. The number of fused-ring (bicyclic) bond motifs is 1. The van der Waals surface area contributed by atoms with Crippen molar-refractivity contribution < 1.29 is 0 Å². The molecule has 0 unspecified atom stereocenters. The van der Waals surface area contributed by atoms with Crippen LogP contribution in [0.25, 0.3) is 11.4 Å². The number of halogens is 1. The molecule has 0 fully saturated rings. The Bertz CT molecular complexity index is 637. The second-order valence-electron chi connectivity index (χ2n) is 5.13. The van der Waals surface area contributed by atoms with Crippen molar-refractivity contribution in [3.8, 4) is 11.4 Å². The summed E-state index contributed by atoms with van der Waals surface area (Å²) in [4.78, 5) is 9.31. The van der Waals surface area contributed by atoms with Crippen LogP contribution in [0.5, 0.6) is 0 Å². The summed E-state index contributed by atoms with van der Waals surface area (Å²) in [6.45, 7) is 2.01. The maximum absolute atomic E-state index is 6.01. The van der Waals surface area contributed by atoms with Gasteiger partial charge in [0.1, 0.15) is 5.82 Å². The van der Waals surface area contributed by atoms with E-state index in [4.69, 9.17) is 22.4 Å². The molecule has 0 amide bonds. The van der Waals surface area contributed by atoms with Gasteiger partial charge in [-0.1, -0.05) is 11.6 Å². The predicted molar refractivity (Wildman–Crippen MR) is 81.7 cm³/mol. The fourth-order valence-corrected chi connectivity index (χ4v) is 2.94. The van der Waals surface area contributed by atoms with E-state index in [0.717, 1.165) is 46.1 Å². The lowest BCUT2D eigenvalue weighted by atomic mass is 9.96. The highest BCUT2D eigenvalue weighted by Gasteiger charge is 2.18. The Morgan fingerprint density at radius 2 is 2.00 bits per heavy atom. The van der Waals surface area contributed by atoms with E-state index in [1.165, 1.54) is 12.8 Å². The molecule has 0 spiro atoms. The van der Waals surface area contributed by atoms with Gasteiger partial charge >= 0.3 is 0 Å². The van der Waals surface area contributed by atoms with Crippen molar-refractivity contribution in [1.29, 1.82) is 0 Å². The Morgan fingerprint density at radius 1 is 1.20 bits per heavy atom. The van der Waals surface area contributed by atoms with Gasteiger partial charge in [-0.3, -0.25) is 0 Å². The molecule has 1 aliphatic carbocycles. The summed E-state index contributed by atoms with van der Waals surface area (Å²) in [6, 6.07) is 5.75. The highest BCUT2D eigenvalue weighted by atomic mass is 35.5. The zero-order valence-electron chi connectivity index (χ0n) is 11.4. The topological polar surface area (TPSA) is 63.8 Å². The van der Waals surface area contributed by atoms with Crippen LogP contribution in [0.1, 0.15) is 29.7 Å². The van der Waals surface area contributed by atoms with Gasteiger partial charge in [0.05, 0.1) is 0 Å². The van der Waals surface area contributed by atoms with E-state index >= 15 is 0 Å². The minimum absolute atomic E-state index is 0.716. The lowest BCUT2D eigenvalue weighted by molar-refractivity contribution is 0.665. The van der Waals surface area contributed by atoms with Crippen molar-refractivity contribution in [2.45, 2.75) is 32.6 Å². The molecule has 3 N–H and O–H groups in total. The van der Waals surface area contributed by atoms with E-state index in [1.807, 2.05) is 25.1 Å². The highest BCUT2D eigenvalue weighted by molar-refractivity contribution is 6.30. The average Bonchev–Trinajstić information content (AvgIpc) is 2.46. The summed E-state index contributed by atoms with van der Waals surface area (Å²) in [6.07, 6.45) is 4.33. The first-order valence-corrected chi connectivity index (χ1v) is 7.20. The second-order valence-corrected chi connectivity index (χ2v) is 5.57. The molecule has 1 aliphatic rings. The molecule has 0 saturated carbocycles. The zero-order chi connectivity index (χ0) is 14.1. The van der Waals surface area contributed by atoms with E-state index in [1.54, 1.807) is 0 Å². The summed E-state index contributed by atoms with van der Waals surface area (Å²) >= 11 is 6.01. The number of rotatable bonds is 2. The minimum atomic E-state index is 0.716. The lowest BCUT2D eigenvalue weighted by Crippen LogP contribution is -2.17. The van der Waals surface area contributed by atoms with Gasteiger partial charge < -0.3 is 5.43 Å². The molecule has 20 heavy (non-hydrogen) atoms. The Kier molecular flexibility index (Phi) is 3.59. The summed E-state index contributed by atoms with van der Waals surface area (Å²) in [5.41, 5.74) is 7.06. The highest BCUT2D eigenvalue weighted by Crippen LogP contribution is 2.29. The Hall–Kier alpha value is -1.65. The maximum atomic E-state index is 6.01. The number of nitrogens with zero attached hydrogens (tertiary/aromatic N) is 2. The third-order valence-corrected chi connectivity index (χ3v) is 3.98. The monoisotopic (exact) mass is 288 g/mol. The maximum Gasteiger partial charge on any atom is 0.162 e. The Labute approximate surface area is 123 Å². The molecule has 0 aliphatic heterocycles. The molecule has 104 valence electrons. The van der Waals surface area contributed by atoms with Crippen LogP contribution in [-0.4, -0.2) is 9.97 Å². The van der Waals surface area contributed by atoms with E-state index < -0.39 is 0 Å². The van der Waals surface area contributed by atoms with E-state index in [2.05, 4.69) is 10.4 Å². The number of anilines is 1. The van der Waals surface area contributed by atoms with Crippen LogP contribution in [0.2, 0.25) is 5.02 Å². The van der Waals surface area contributed by atoms with Crippen LogP contribution in [0, 0.1) is 6.92 Å². The Morgan fingerprint density at radius 3 is 2.75 bits per heavy atom. The summed E-state index contributed by atoms with van der Waals surface area (Å²) in [5, 5.41) is 0.724. The molecule has 1 aromatic carbocycles. The van der Waals surface area contributed by atoms with Crippen molar-refractivity contribution in [2.24, 2.45) is 5.84 Å². The first-order valence-electron chi connectivity index (χ1n) is 6.82. The van der Waals surface area contributed by atoms with E-state index in [-0.39, 0.29) is 0 Å². The molecule has 1 heterocycles. The van der Waals surface area contributed by atoms with Crippen molar-refractivity contribution in [3.05, 3.63) is 40.0 Å². The van der Waals surface area contributed by atoms with Gasteiger partial charge in [-0.2, -0.15) is 0 Å². The third-order valence-electron chi connectivity index (χ3n) is 3.75. The van der Waals surface area contributed by atoms with Gasteiger partial charge in [-0.15, -0.1) is 0 Å². The standard InChI is InChI=1S/C15H17ClN4/c1-9-8-10(16)6-7-11(9)14-18-13-5-3-2-4-12(13)15(19-14)20-17/h6-8H,2-5,17H2,1H3,(H,18,19,20). The fraction of sp³-hybridized carbons (Fsp3) is 0.333.